The first-order valence-corrected chi connectivity index (χ1v) is 16.7. The maximum atomic E-state index is 14.4. The number of nitrogens with one attached hydrogen (secondary N) is 2. The van der Waals surface area contributed by atoms with Crippen LogP contribution in [0.1, 0.15) is 101 Å². The first kappa shape index (κ1) is 33.7. The third-order valence-electron chi connectivity index (χ3n) is 9.46. The minimum absolute atomic E-state index is 0.0279. The van der Waals surface area contributed by atoms with E-state index in [2.05, 4.69) is 29.1 Å². The number of carbonyl (C=O) groups excluding carboxylic acids is 3. The number of aromatic nitrogens is 2. The van der Waals surface area contributed by atoms with Crippen LogP contribution in [0.25, 0.3) is 0 Å². The molecule has 242 valence electrons. The summed E-state index contributed by atoms with van der Waals surface area (Å²) in [4.78, 5) is 53.4. The Balaban J connectivity index is 1.56. The van der Waals surface area contributed by atoms with Gasteiger partial charge in [0.05, 0.1) is 24.6 Å². The fourth-order valence-corrected chi connectivity index (χ4v) is 6.81. The summed E-state index contributed by atoms with van der Waals surface area (Å²) in [6, 6.07) is 8.06. The van der Waals surface area contributed by atoms with Gasteiger partial charge in [-0.15, -0.1) is 0 Å². The van der Waals surface area contributed by atoms with E-state index < -0.39 is 17.7 Å². The van der Waals surface area contributed by atoms with E-state index in [-0.39, 0.29) is 23.6 Å². The van der Waals surface area contributed by atoms with Crippen LogP contribution in [0.15, 0.2) is 36.7 Å². The average molecular weight is 608 g/mol. The van der Waals surface area contributed by atoms with Gasteiger partial charge >= 0.3 is 6.03 Å². The number of hydrogen-bond acceptors (Lipinski definition) is 5. The van der Waals surface area contributed by atoms with Crippen molar-refractivity contribution < 1.29 is 19.1 Å². The lowest BCUT2D eigenvalue weighted by atomic mass is 9.81. The van der Waals surface area contributed by atoms with Crippen LogP contribution in [0.5, 0.6) is 0 Å². The number of ketones is 1. The molecule has 44 heavy (non-hydrogen) atoms. The summed E-state index contributed by atoms with van der Waals surface area (Å²) in [6.07, 6.45) is 12.8. The summed E-state index contributed by atoms with van der Waals surface area (Å²) in [6.45, 7) is 7.24. The van der Waals surface area contributed by atoms with Gasteiger partial charge in [-0.3, -0.25) is 9.59 Å². The zero-order valence-electron chi connectivity index (χ0n) is 27.3. The molecule has 0 unspecified atom stereocenters. The summed E-state index contributed by atoms with van der Waals surface area (Å²) in [5.74, 6) is 0.0533. The summed E-state index contributed by atoms with van der Waals surface area (Å²) >= 11 is 0. The van der Waals surface area contributed by atoms with Crippen molar-refractivity contribution in [3.8, 4) is 0 Å². The van der Waals surface area contributed by atoms with Gasteiger partial charge in [-0.2, -0.15) is 0 Å². The largest absolute Gasteiger partial charge is 0.370 e. The number of imidazole rings is 1. The molecule has 1 saturated carbocycles. The molecule has 2 heterocycles. The molecular weight excluding hydrogens is 554 g/mol. The Labute approximate surface area is 263 Å². The van der Waals surface area contributed by atoms with Gasteiger partial charge in [0.25, 0.3) is 0 Å². The van der Waals surface area contributed by atoms with Gasteiger partial charge in [0, 0.05) is 32.3 Å². The molecular formula is C35H53N5O4. The lowest BCUT2D eigenvalue weighted by Crippen LogP contribution is -2.63. The van der Waals surface area contributed by atoms with Gasteiger partial charge in [-0.1, -0.05) is 95.5 Å². The highest BCUT2D eigenvalue weighted by Gasteiger charge is 2.44. The quantitative estimate of drug-likeness (QED) is 0.346. The maximum Gasteiger partial charge on any atom is 0.318 e. The average Bonchev–Trinajstić information content (AvgIpc) is 3.39. The number of H-pyrrole nitrogens is 1. The first-order chi connectivity index (χ1) is 21.2. The monoisotopic (exact) mass is 607 g/mol. The highest BCUT2D eigenvalue weighted by Crippen LogP contribution is 2.31. The number of carbonyl (C=O) groups is 3. The smallest absolute Gasteiger partial charge is 0.318 e. The Morgan fingerprint density at radius 1 is 1.02 bits per heavy atom. The lowest BCUT2D eigenvalue weighted by molar-refractivity contribution is -0.146. The van der Waals surface area contributed by atoms with Crippen LogP contribution in [-0.4, -0.2) is 75.4 Å². The molecule has 4 rings (SSSR count). The Morgan fingerprint density at radius 3 is 2.23 bits per heavy atom. The summed E-state index contributed by atoms with van der Waals surface area (Å²) in [7, 11) is 1.65. The predicted octanol–water partition coefficient (Wildman–Crippen LogP) is 5.97. The fraction of sp³-hybridized carbons (Fsp3) is 0.657. The number of piperazine rings is 1. The van der Waals surface area contributed by atoms with Crippen molar-refractivity contribution in [3.05, 3.63) is 53.6 Å². The van der Waals surface area contributed by atoms with E-state index in [1.54, 1.807) is 23.2 Å². The number of methoxy groups -OCH3 is 1. The van der Waals surface area contributed by atoms with E-state index in [9.17, 15) is 14.4 Å². The van der Waals surface area contributed by atoms with Gasteiger partial charge in [0.15, 0.2) is 5.78 Å². The van der Waals surface area contributed by atoms with Crippen molar-refractivity contribution >= 4 is 17.7 Å². The van der Waals surface area contributed by atoms with Crippen molar-refractivity contribution in [1.29, 1.82) is 0 Å². The molecule has 2 fully saturated rings. The third kappa shape index (κ3) is 8.71. The molecule has 0 bridgehead atoms. The van der Waals surface area contributed by atoms with Crippen molar-refractivity contribution in [2.45, 2.75) is 122 Å². The van der Waals surface area contributed by atoms with Gasteiger partial charge < -0.3 is 24.8 Å². The number of benzene rings is 1. The molecule has 1 aliphatic carbocycles. The Kier molecular flexibility index (Phi) is 12.4. The van der Waals surface area contributed by atoms with E-state index in [0.717, 1.165) is 42.6 Å². The van der Waals surface area contributed by atoms with Crippen molar-refractivity contribution in [2.24, 2.45) is 5.92 Å². The fourth-order valence-electron chi connectivity index (χ4n) is 6.81. The minimum Gasteiger partial charge on any atom is -0.370 e. The number of rotatable bonds is 10. The van der Waals surface area contributed by atoms with E-state index in [0.29, 0.717) is 45.3 Å². The molecule has 2 aromatic rings. The number of aryl methyl sites for hydroxylation is 1. The maximum absolute atomic E-state index is 14.4. The Bertz CT molecular complexity index is 1200. The number of ether oxygens (including phenoxy) is 1. The van der Waals surface area contributed by atoms with Crippen LogP contribution >= 0.6 is 0 Å². The Morgan fingerprint density at radius 2 is 1.66 bits per heavy atom. The molecule has 9 nitrogen and oxygen atoms in total. The van der Waals surface area contributed by atoms with Gasteiger partial charge in [0.2, 0.25) is 5.91 Å². The second kappa shape index (κ2) is 16.2. The van der Waals surface area contributed by atoms with Crippen LogP contribution in [0.2, 0.25) is 0 Å². The zero-order valence-corrected chi connectivity index (χ0v) is 27.3. The van der Waals surface area contributed by atoms with Crippen LogP contribution in [0.4, 0.5) is 4.79 Å². The Hall–Kier alpha value is -3.20. The molecule has 2 aliphatic rings. The topological polar surface area (TPSA) is 108 Å². The molecule has 9 heteroatoms. The van der Waals surface area contributed by atoms with Crippen molar-refractivity contribution in [1.82, 2.24) is 25.1 Å². The van der Waals surface area contributed by atoms with Crippen LogP contribution < -0.4 is 5.32 Å². The molecule has 1 aromatic carbocycles. The van der Waals surface area contributed by atoms with E-state index in [4.69, 9.17) is 4.74 Å². The summed E-state index contributed by atoms with van der Waals surface area (Å²) < 4.78 is 6.11. The van der Waals surface area contributed by atoms with Crippen LogP contribution in [0, 0.1) is 12.8 Å². The van der Waals surface area contributed by atoms with Crippen LogP contribution in [0.3, 0.4) is 0 Å². The predicted molar refractivity (Wildman–Crippen MR) is 172 cm³/mol. The lowest BCUT2D eigenvalue weighted by Gasteiger charge is -2.42. The number of aromatic amines is 1. The van der Waals surface area contributed by atoms with E-state index >= 15 is 0 Å². The molecule has 1 aromatic heterocycles. The summed E-state index contributed by atoms with van der Waals surface area (Å²) in [5.41, 5.74) is 1.82. The molecule has 3 amide bonds. The van der Waals surface area contributed by atoms with E-state index in [1.807, 2.05) is 37.3 Å². The second-order valence-corrected chi connectivity index (χ2v) is 13.2. The van der Waals surface area contributed by atoms with Crippen molar-refractivity contribution in [3.63, 3.8) is 0 Å². The van der Waals surface area contributed by atoms with Gasteiger partial charge in [-0.05, 0) is 37.7 Å². The highest BCUT2D eigenvalue weighted by atomic mass is 16.5. The summed E-state index contributed by atoms with van der Waals surface area (Å²) in [5, 5.41) is 3.13. The molecule has 0 spiro atoms. The SMILES string of the molecule is COC1(C(=O)[C@H](CC(C)C)NC(=O)N2CCN(Cc3nc[nH]c3C)C(=O)[C@@H]2Cc2ccccc2)CCCCCCCCCC1. The van der Waals surface area contributed by atoms with Gasteiger partial charge in [-0.25, -0.2) is 9.78 Å². The molecule has 0 radical (unpaired) electrons. The number of urea groups is 1. The minimum atomic E-state index is -0.906. The molecule has 2 atom stereocenters. The van der Waals surface area contributed by atoms with E-state index in [1.165, 1.54) is 25.7 Å². The van der Waals surface area contributed by atoms with Crippen LogP contribution in [-0.2, 0) is 27.3 Å². The molecule has 2 N–H and O–H groups in total. The number of amides is 3. The second-order valence-electron chi connectivity index (χ2n) is 13.2. The molecule has 1 aliphatic heterocycles. The number of hydrogen-bond donors (Lipinski definition) is 2. The van der Waals surface area contributed by atoms with Gasteiger partial charge in [0.1, 0.15) is 11.6 Å². The standard InChI is InChI=1S/C35H53N5O4/c1-26(2)22-29(32(41)35(44-4)18-14-9-7-5-6-8-10-15-19-35)38-34(43)40-21-20-39(24-30-27(3)36-25-37-30)33(42)31(40)23-28-16-12-11-13-17-28/h11-13,16-17,25-26,29,31H,5-10,14-15,18-24H2,1-4H3,(H,36,37)(H,38,43)/t29-,31-/m0/s1. The number of Topliss-reactive ketones (excluding diaryl/α,β-unsaturated/α-hetero) is 1. The molecule has 1 saturated heterocycles. The normalized spacial score (nSPS) is 20.7. The highest BCUT2D eigenvalue weighted by molar-refractivity contribution is 5.96. The zero-order chi connectivity index (χ0) is 31.5. The third-order valence-corrected chi connectivity index (χ3v) is 9.46. The number of nitrogens with zero attached hydrogens (tertiary/aromatic N) is 3. The van der Waals surface area contributed by atoms with Crippen molar-refractivity contribution in [2.75, 3.05) is 20.2 Å². The first-order valence-electron chi connectivity index (χ1n) is 16.7.